The minimum absolute atomic E-state index is 0.0223. The number of nitrogens with one attached hydrogen (secondary N) is 3. The predicted octanol–water partition coefficient (Wildman–Crippen LogP) is -0.857. The minimum Gasteiger partial charge on any atom is -0.458 e. The summed E-state index contributed by atoms with van der Waals surface area (Å²) in [7, 11) is 1.24. The highest BCUT2D eigenvalue weighted by Crippen LogP contribution is 2.40. The van der Waals surface area contributed by atoms with Crippen LogP contribution in [0.25, 0.3) is 22.3 Å². The summed E-state index contributed by atoms with van der Waals surface area (Å²) in [6.07, 6.45) is -7.29. The number of hydrogen-bond donors (Lipinski definition) is 9. The van der Waals surface area contributed by atoms with Gasteiger partial charge in [-0.3, -0.25) is 48.1 Å². The van der Waals surface area contributed by atoms with Crippen LogP contribution in [0.4, 0.5) is 4.39 Å². The van der Waals surface area contributed by atoms with Crippen molar-refractivity contribution in [1.82, 2.24) is 35.3 Å². The van der Waals surface area contributed by atoms with Crippen LogP contribution in [0.2, 0.25) is 0 Å². The number of ether oxygens (including phenoxy) is 1. The molecule has 0 bridgehead atoms. The number of rotatable bonds is 25. The fourth-order valence-electron chi connectivity index (χ4n) is 9.82. The number of nitrogens with zero attached hydrogens (tertiary/aromatic N) is 4. The number of aromatic nitrogens is 2. The third-order valence-electron chi connectivity index (χ3n) is 14.9. The van der Waals surface area contributed by atoms with Crippen LogP contribution in [0.3, 0.4) is 0 Å². The summed E-state index contributed by atoms with van der Waals surface area (Å²) in [6.45, 7) is 3.82. The Morgan fingerprint density at radius 3 is 2.21 bits per heavy atom. The summed E-state index contributed by atoms with van der Waals surface area (Å²) in [5.74, 6) is -7.57. The SMILES string of the molecule is CC[C@@]1(O)C(=O)OCc2c1cc1n(c2=O)Cc2c-1nc1cc(F)c(C)cc1c2CNC(=O)c1ccc(CC(=O)[C@H](C)NC(=O)[C@H](C)CC(=O)[C@H](CCC(=O)N(C)C[C@H](O)[C@@H](O)[C@H](O)[C@H](O)CO)NC(=O)CCN2C(=O)C=CC2=O)cc1. The van der Waals surface area contributed by atoms with Crippen molar-refractivity contribution in [3.63, 3.8) is 0 Å². The topological polar surface area (TPSA) is 362 Å². The second kappa shape index (κ2) is 25.2. The number of fused-ring (bicyclic) bond motifs is 5. The molecule has 432 valence electrons. The van der Waals surface area contributed by atoms with E-state index in [0.29, 0.717) is 39.0 Å². The molecule has 81 heavy (non-hydrogen) atoms. The lowest BCUT2D eigenvalue weighted by atomic mass is 9.86. The van der Waals surface area contributed by atoms with E-state index in [4.69, 9.17) is 14.8 Å². The minimum atomic E-state index is -2.07. The van der Waals surface area contributed by atoms with Crippen molar-refractivity contribution in [2.45, 2.75) is 128 Å². The lowest BCUT2D eigenvalue weighted by Crippen LogP contribution is -2.50. The van der Waals surface area contributed by atoms with Crippen molar-refractivity contribution >= 4 is 63.9 Å². The van der Waals surface area contributed by atoms with Crippen LogP contribution in [0.1, 0.15) is 96.6 Å². The van der Waals surface area contributed by atoms with Crippen LogP contribution in [0, 0.1) is 18.7 Å². The molecule has 25 heteroatoms. The number of amides is 6. The van der Waals surface area contributed by atoms with Crippen LogP contribution in [-0.4, -0.2) is 166 Å². The van der Waals surface area contributed by atoms with Crippen molar-refractivity contribution in [3.05, 3.63) is 110 Å². The molecule has 0 radical (unpaired) electrons. The molecule has 0 saturated carbocycles. The molecule has 2 aromatic carbocycles. The number of imide groups is 1. The van der Waals surface area contributed by atoms with Crippen molar-refractivity contribution in [3.8, 4) is 11.4 Å². The van der Waals surface area contributed by atoms with Gasteiger partial charge in [0.05, 0.1) is 47.7 Å². The third-order valence-corrected chi connectivity index (χ3v) is 14.9. The fraction of sp³-hybridized carbons (Fsp3) is 0.446. The number of Topliss-reactive ketones (excluding diaryl/α,β-unsaturated/α-hetero) is 2. The number of ketones is 2. The Hall–Kier alpha value is -7.94. The molecule has 24 nitrogen and oxygen atoms in total. The summed E-state index contributed by atoms with van der Waals surface area (Å²) in [5, 5.41) is 69.0. The molecule has 4 aromatic rings. The first-order valence-electron chi connectivity index (χ1n) is 26.2. The van der Waals surface area contributed by atoms with Crippen LogP contribution in [0.5, 0.6) is 0 Å². The maximum atomic E-state index is 15.0. The Balaban J connectivity index is 0.959. The smallest absolute Gasteiger partial charge is 0.343 e. The van der Waals surface area contributed by atoms with Gasteiger partial charge >= 0.3 is 5.97 Å². The summed E-state index contributed by atoms with van der Waals surface area (Å²) in [4.78, 5) is 138. The summed E-state index contributed by atoms with van der Waals surface area (Å²) in [5.41, 5.74) is 0.663. The first kappa shape index (κ1) is 60.7. The monoisotopic (exact) mass is 1130 g/mol. The van der Waals surface area contributed by atoms with Crippen molar-refractivity contribution in [2.75, 3.05) is 26.7 Å². The summed E-state index contributed by atoms with van der Waals surface area (Å²) in [6, 6.07) is 8.05. The van der Waals surface area contributed by atoms with E-state index in [9.17, 15) is 73.5 Å². The quantitative estimate of drug-likeness (QED) is 0.0254. The maximum absolute atomic E-state index is 15.0. The molecule has 7 rings (SSSR count). The molecule has 0 spiro atoms. The Kier molecular flexibility index (Phi) is 18.9. The Labute approximate surface area is 462 Å². The number of likely N-dealkylation sites (N-methyl/N-ethyl adjacent to an activating group) is 1. The number of hydrogen-bond acceptors (Lipinski definition) is 18. The average molecular weight is 1130 g/mol. The van der Waals surface area contributed by atoms with E-state index in [1.807, 2.05) is 0 Å². The fourth-order valence-corrected chi connectivity index (χ4v) is 9.82. The number of carbonyl (C=O) groups is 9. The molecule has 0 saturated heterocycles. The molecule has 6 amide bonds. The van der Waals surface area contributed by atoms with Crippen LogP contribution in [0.15, 0.2) is 59.4 Å². The van der Waals surface area contributed by atoms with Gasteiger partial charge in [-0.15, -0.1) is 0 Å². The van der Waals surface area contributed by atoms with Crippen LogP contribution in [-0.2, 0) is 74.8 Å². The zero-order valence-corrected chi connectivity index (χ0v) is 45.1. The lowest BCUT2D eigenvalue weighted by Gasteiger charge is -2.31. The van der Waals surface area contributed by atoms with Gasteiger partial charge < -0.3 is 60.8 Å². The van der Waals surface area contributed by atoms with E-state index >= 15 is 4.39 Å². The number of cyclic esters (lactones) is 1. The average Bonchev–Trinajstić information content (AvgIpc) is 3.98. The van der Waals surface area contributed by atoms with Crippen molar-refractivity contribution in [1.29, 1.82) is 0 Å². The van der Waals surface area contributed by atoms with Gasteiger partial charge in [0.25, 0.3) is 23.3 Å². The van der Waals surface area contributed by atoms with Crippen LogP contribution < -0.4 is 21.5 Å². The highest BCUT2D eigenvalue weighted by Gasteiger charge is 2.46. The van der Waals surface area contributed by atoms with Gasteiger partial charge in [-0.2, -0.15) is 0 Å². The maximum Gasteiger partial charge on any atom is 0.343 e. The van der Waals surface area contributed by atoms with Gasteiger partial charge in [-0.25, -0.2) is 14.2 Å². The summed E-state index contributed by atoms with van der Waals surface area (Å²) >= 11 is 0. The molecule has 0 fully saturated rings. The Morgan fingerprint density at radius 2 is 1.56 bits per heavy atom. The summed E-state index contributed by atoms with van der Waals surface area (Å²) < 4.78 is 21.6. The standard InChI is InChI=1S/C56H64FN7O17/c1-6-56(80)36-20-40-49-34(23-64(40)54(78)35(36)26-81-55(56)79)33(32-17-27(2)37(57)21-39(32)61-49)22-58-53(77)31-9-7-30(8-10-31)19-41(66)29(4)59-52(76)28(3)18-42(67)38(60-45(70)15-16-63-47(72)13-14-48(63)73)11-12-46(71)62(5)24-43(68)50(74)51(75)44(69)25-65/h7-10,13-14,17,20-21,28-29,38,43-44,50-51,65,68-69,74-75,80H,6,11-12,15-16,18-19,22-26H2,1-5H3,(H,58,77)(H,59,76)(H,60,70)/t28-,29+,38+,43+,44-,50-,51-,56+/m1/s1. The molecule has 2 aromatic heterocycles. The second-order valence-corrected chi connectivity index (χ2v) is 20.6. The van der Waals surface area contributed by atoms with E-state index in [1.165, 1.54) is 49.7 Å². The molecule has 3 aliphatic heterocycles. The number of esters is 1. The van der Waals surface area contributed by atoms with Gasteiger partial charge in [0.2, 0.25) is 17.7 Å². The van der Waals surface area contributed by atoms with Gasteiger partial charge in [0.15, 0.2) is 17.2 Å². The zero-order valence-electron chi connectivity index (χ0n) is 45.1. The molecule has 8 atom stereocenters. The van der Waals surface area contributed by atoms with E-state index in [1.54, 1.807) is 32.0 Å². The van der Waals surface area contributed by atoms with E-state index < -0.39 is 145 Å². The third kappa shape index (κ3) is 13.1. The number of pyridine rings is 2. The number of benzene rings is 2. The molecule has 9 N–H and O–H groups in total. The predicted molar refractivity (Wildman–Crippen MR) is 282 cm³/mol. The van der Waals surface area contributed by atoms with Crippen molar-refractivity contribution in [2.24, 2.45) is 5.92 Å². The highest BCUT2D eigenvalue weighted by molar-refractivity contribution is 6.13. The normalized spacial score (nSPS) is 17.9. The largest absolute Gasteiger partial charge is 0.458 e. The van der Waals surface area contributed by atoms with E-state index in [2.05, 4.69) is 16.0 Å². The van der Waals surface area contributed by atoms with Gasteiger partial charge in [0.1, 0.15) is 36.8 Å². The highest BCUT2D eigenvalue weighted by atomic mass is 19.1. The molecule has 0 unspecified atom stereocenters. The molecule has 5 heterocycles. The number of aliphatic hydroxyl groups is 6. The van der Waals surface area contributed by atoms with E-state index in [-0.39, 0.29) is 67.7 Å². The van der Waals surface area contributed by atoms with Gasteiger partial charge in [0, 0.05) is 98.6 Å². The van der Waals surface area contributed by atoms with E-state index in [0.717, 1.165) is 22.0 Å². The van der Waals surface area contributed by atoms with Gasteiger partial charge in [-0.05, 0) is 67.6 Å². The Bertz CT molecular complexity index is 3270. The first-order valence-corrected chi connectivity index (χ1v) is 26.2. The number of halogens is 1. The first-order chi connectivity index (χ1) is 38.3. The van der Waals surface area contributed by atoms with Crippen LogP contribution >= 0.6 is 0 Å². The molecule has 0 aliphatic carbocycles. The zero-order chi connectivity index (χ0) is 59.4. The molecular weight excluding hydrogens is 1060 g/mol. The van der Waals surface area contributed by atoms with Crippen molar-refractivity contribution < 1.29 is 82.9 Å². The number of carbonyl (C=O) groups excluding carboxylic acids is 9. The second-order valence-electron chi connectivity index (χ2n) is 20.6. The lowest BCUT2D eigenvalue weighted by molar-refractivity contribution is -0.172. The number of aryl methyl sites for hydroxylation is 1. The molecule has 3 aliphatic rings. The van der Waals surface area contributed by atoms with Gasteiger partial charge in [-0.1, -0.05) is 26.0 Å². The molecular formula is C56H64FN7O17. The Morgan fingerprint density at radius 1 is 0.889 bits per heavy atom. The number of aliphatic hydroxyl groups excluding tert-OH is 5.